The first-order valence-electron chi connectivity index (χ1n) is 6.29. The van der Waals surface area contributed by atoms with Crippen LogP contribution in [-0.2, 0) is 6.54 Å². The first-order chi connectivity index (χ1) is 9.39. The highest BCUT2D eigenvalue weighted by molar-refractivity contribution is 5.55. The van der Waals surface area contributed by atoms with Crippen LogP contribution in [0.25, 0.3) is 0 Å². The molecule has 0 saturated heterocycles. The zero-order valence-corrected chi connectivity index (χ0v) is 11.2. The summed E-state index contributed by atoms with van der Waals surface area (Å²) in [5, 5.41) is 11.9. The van der Waals surface area contributed by atoms with Crippen molar-refractivity contribution in [3.05, 3.63) is 29.6 Å². The van der Waals surface area contributed by atoms with E-state index in [1.54, 1.807) is 6.07 Å². The third-order valence-corrected chi connectivity index (χ3v) is 2.69. The summed E-state index contributed by atoms with van der Waals surface area (Å²) in [4.78, 5) is 0.821. The minimum atomic E-state index is -4.47. The summed E-state index contributed by atoms with van der Waals surface area (Å²) in [5.74, 6) is -0.724. The van der Waals surface area contributed by atoms with E-state index >= 15 is 0 Å². The van der Waals surface area contributed by atoms with Gasteiger partial charge in [0.2, 0.25) is 0 Å². The van der Waals surface area contributed by atoms with E-state index in [0.29, 0.717) is 12.1 Å². The lowest BCUT2D eigenvalue weighted by molar-refractivity contribution is -0.119. The van der Waals surface area contributed by atoms with Crippen molar-refractivity contribution in [1.82, 2.24) is 5.32 Å². The van der Waals surface area contributed by atoms with Gasteiger partial charge in [-0.15, -0.1) is 0 Å². The molecule has 7 heteroatoms. The van der Waals surface area contributed by atoms with Crippen LogP contribution in [0.15, 0.2) is 18.2 Å². The summed E-state index contributed by atoms with van der Waals surface area (Å²) in [6, 6.07) is 4.14. The molecule has 0 unspecified atom stereocenters. The van der Waals surface area contributed by atoms with Crippen molar-refractivity contribution in [3.8, 4) is 0 Å². The Morgan fingerprint density at radius 2 is 2.00 bits per heavy atom. The Bertz CT molecular complexity index is 423. The lowest BCUT2D eigenvalue weighted by Crippen LogP contribution is -2.37. The van der Waals surface area contributed by atoms with Crippen LogP contribution < -0.4 is 10.2 Å². The maximum atomic E-state index is 13.9. The van der Waals surface area contributed by atoms with Gasteiger partial charge in [-0.3, -0.25) is 0 Å². The Morgan fingerprint density at radius 3 is 2.55 bits per heavy atom. The number of para-hydroxylation sites is 1. The average molecular weight is 294 g/mol. The molecule has 0 aliphatic heterocycles. The predicted molar refractivity (Wildman–Crippen MR) is 69.1 cm³/mol. The molecule has 0 fully saturated rings. The number of aliphatic hydroxyl groups is 1. The minimum absolute atomic E-state index is 0.111. The molecule has 0 bridgehead atoms. The lowest BCUT2D eigenvalue weighted by Gasteiger charge is -2.27. The molecule has 0 amide bonds. The molecule has 0 atom stereocenters. The van der Waals surface area contributed by atoms with Gasteiger partial charge in [0.1, 0.15) is 12.4 Å². The summed E-state index contributed by atoms with van der Waals surface area (Å²) >= 11 is 0. The highest BCUT2D eigenvalue weighted by atomic mass is 19.4. The van der Waals surface area contributed by atoms with E-state index in [4.69, 9.17) is 5.11 Å². The second-order valence-corrected chi connectivity index (χ2v) is 4.29. The molecule has 114 valence electrons. The first kappa shape index (κ1) is 16.7. The number of halogens is 4. The molecular weight excluding hydrogens is 276 g/mol. The van der Waals surface area contributed by atoms with Gasteiger partial charge in [0.15, 0.2) is 0 Å². The van der Waals surface area contributed by atoms with Crippen LogP contribution in [0.5, 0.6) is 0 Å². The number of alkyl halides is 3. The van der Waals surface area contributed by atoms with E-state index in [9.17, 15) is 17.6 Å². The van der Waals surface area contributed by atoms with E-state index in [1.165, 1.54) is 6.07 Å². The largest absolute Gasteiger partial charge is 0.405 e. The molecule has 0 aromatic heterocycles. The zero-order valence-electron chi connectivity index (χ0n) is 11.2. The summed E-state index contributed by atoms with van der Waals surface area (Å²) in [6.07, 6.45) is -4.47. The fraction of sp³-hybridized carbons (Fsp3) is 0.538. The average Bonchev–Trinajstić information content (AvgIpc) is 2.34. The van der Waals surface area contributed by atoms with Gasteiger partial charge in [-0.1, -0.05) is 19.1 Å². The first-order valence-corrected chi connectivity index (χ1v) is 6.29. The van der Waals surface area contributed by atoms with Gasteiger partial charge in [0.05, 0.1) is 12.3 Å². The van der Waals surface area contributed by atoms with E-state index < -0.39 is 25.1 Å². The fourth-order valence-corrected chi connectivity index (χ4v) is 1.92. The second kappa shape index (κ2) is 7.44. The van der Waals surface area contributed by atoms with Gasteiger partial charge in [-0.25, -0.2) is 4.39 Å². The van der Waals surface area contributed by atoms with Crippen LogP contribution in [0.3, 0.4) is 0 Å². The quantitative estimate of drug-likeness (QED) is 0.758. The predicted octanol–water partition coefficient (Wildman–Crippen LogP) is 2.30. The third kappa shape index (κ3) is 4.97. The van der Waals surface area contributed by atoms with Crippen molar-refractivity contribution in [3.63, 3.8) is 0 Å². The fourth-order valence-electron chi connectivity index (χ4n) is 1.92. The number of nitrogens with zero attached hydrogens (tertiary/aromatic N) is 1. The van der Waals surface area contributed by atoms with Crippen molar-refractivity contribution >= 4 is 5.69 Å². The van der Waals surface area contributed by atoms with Crippen LogP contribution in [0.2, 0.25) is 0 Å². The maximum Gasteiger partial charge on any atom is 0.405 e. The third-order valence-electron chi connectivity index (χ3n) is 2.69. The van der Waals surface area contributed by atoms with Crippen LogP contribution in [-0.4, -0.2) is 37.5 Å². The van der Waals surface area contributed by atoms with Crippen LogP contribution >= 0.6 is 0 Å². The normalized spacial score (nSPS) is 11.7. The molecule has 0 aliphatic carbocycles. The standard InChI is InChI=1S/C13H18F4N2O/c1-2-18-8-10-4-3-5-11(14)12(10)19(6-7-20)9-13(15,16)17/h3-5,18,20H,2,6-9H2,1H3. The molecule has 1 rings (SSSR count). The Hall–Kier alpha value is -1.34. The van der Waals surface area contributed by atoms with Crippen LogP contribution in [0.4, 0.5) is 23.2 Å². The van der Waals surface area contributed by atoms with E-state index in [0.717, 1.165) is 11.0 Å². The van der Waals surface area contributed by atoms with Crippen molar-refractivity contribution in [2.75, 3.05) is 31.1 Å². The molecule has 0 radical (unpaired) electrons. The van der Waals surface area contributed by atoms with Crippen molar-refractivity contribution < 1.29 is 22.7 Å². The molecule has 1 aromatic rings. The van der Waals surface area contributed by atoms with Crippen LogP contribution in [0, 0.1) is 5.82 Å². The van der Waals surface area contributed by atoms with Gasteiger partial charge in [-0.05, 0) is 18.2 Å². The smallest absolute Gasteiger partial charge is 0.395 e. The summed E-state index contributed by atoms with van der Waals surface area (Å²) in [6.45, 7) is 0.678. The Labute approximate surface area is 115 Å². The van der Waals surface area contributed by atoms with Gasteiger partial charge < -0.3 is 15.3 Å². The van der Waals surface area contributed by atoms with Gasteiger partial charge in [0, 0.05) is 13.1 Å². The second-order valence-electron chi connectivity index (χ2n) is 4.29. The number of aliphatic hydroxyl groups excluding tert-OH is 1. The number of hydrogen-bond acceptors (Lipinski definition) is 3. The van der Waals surface area contributed by atoms with E-state index in [2.05, 4.69) is 5.32 Å². The van der Waals surface area contributed by atoms with Crippen LogP contribution in [0.1, 0.15) is 12.5 Å². The van der Waals surface area contributed by atoms with Crippen molar-refractivity contribution in [1.29, 1.82) is 0 Å². The Kier molecular flexibility index (Phi) is 6.22. The number of nitrogens with one attached hydrogen (secondary N) is 1. The Balaban J connectivity index is 3.10. The lowest BCUT2D eigenvalue weighted by atomic mass is 10.1. The molecule has 0 aliphatic rings. The molecule has 3 nitrogen and oxygen atoms in total. The van der Waals surface area contributed by atoms with Gasteiger partial charge in [0.25, 0.3) is 0 Å². The topological polar surface area (TPSA) is 35.5 Å². The Morgan fingerprint density at radius 1 is 1.30 bits per heavy atom. The molecule has 0 heterocycles. The molecule has 2 N–H and O–H groups in total. The number of anilines is 1. The SMILES string of the molecule is CCNCc1cccc(F)c1N(CCO)CC(F)(F)F. The number of rotatable bonds is 7. The highest BCUT2D eigenvalue weighted by Gasteiger charge is 2.32. The van der Waals surface area contributed by atoms with E-state index in [1.807, 2.05) is 6.92 Å². The van der Waals surface area contributed by atoms with E-state index in [-0.39, 0.29) is 18.8 Å². The summed E-state index contributed by atoms with van der Waals surface area (Å²) < 4.78 is 51.6. The number of benzene rings is 1. The van der Waals surface area contributed by atoms with Gasteiger partial charge in [-0.2, -0.15) is 13.2 Å². The molecule has 0 saturated carbocycles. The maximum absolute atomic E-state index is 13.9. The summed E-state index contributed by atoms with van der Waals surface area (Å²) in [7, 11) is 0. The molecule has 20 heavy (non-hydrogen) atoms. The van der Waals surface area contributed by atoms with Crippen molar-refractivity contribution in [2.45, 2.75) is 19.6 Å². The zero-order chi connectivity index (χ0) is 15.2. The molecule has 0 spiro atoms. The monoisotopic (exact) mass is 294 g/mol. The molecular formula is C13H18F4N2O. The highest BCUT2D eigenvalue weighted by Crippen LogP contribution is 2.28. The number of hydrogen-bond donors (Lipinski definition) is 2. The van der Waals surface area contributed by atoms with Gasteiger partial charge >= 0.3 is 6.18 Å². The van der Waals surface area contributed by atoms with Crippen molar-refractivity contribution in [2.24, 2.45) is 0 Å². The summed E-state index contributed by atoms with van der Waals surface area (Å²) in [5.41, 5.74) is 0.323. The minimum Gasteiger partial charge on any atom is -0.395 e. The molecule has 1 aromatic carbocycles.